The van der Waals surface area contributed by atoms with Gasteiger partial charge in [-0.05, 0) is 45.4 Å². The summed E-state index contributed by atoms with van der Waals surface area (Å²) in [5.74, 6) is -0.349. The molecule has 3 N–H and O–H groups in total. The Morgan fingerprint density at radius 3 is 2.29 bits per heavy atom. The van der Waals surface area contributed by atoms with Gasteiger partial charge in [-0.2, -0.15) is 0 Å². The second kappa shape index (κ2) is 7.08. The normalized spacial score (nSPS) is 12.4. The summed E-state index contributed by atoms with van der Waals surface area (Å²) in [4.78, 5) is 23.5. The molecule has 0 fully saturated rings. The molecule has 0 bridgehead atoms. The lowest BCUT2D eigenvalue weighted by molar-refractivity contribution is -0.117. The zero-order chi connectivity index (χ0) is 16.0. The maximum Gasteiger partial charge on any atom is 0.408 e. The van der Waals surface area contributed by atoms with Gasteiger partial charge in [0.15, 0.2) is 0 Å². The summed E-state index contributed by atoms with van der Waals surface area (Å²) in [6, 6.07) is 6.06. The molecule has 0 saturated heterocycles. The van der Waals surface area contributed by atoms with Gasteiger partial charge < -0.3 is 20.5 Å². The number of hydrogen-bond acceptors (Lipinski definition) is 4. The number of nitrogens with one attached hydrogen (secondary N) is 2. The van der Waals surface area contributed by atoms with Crippen molar-refractivity contribution in [2.75, 3.05) is 5.32 Å². The van der Waals surface area contributed by atoms with Crippen LogP contribution in [0, 0.1) is 0 Å². The molecule has 0 unspecified atom stereocenters. The minimum absolute atomic E-state index is 0.0508. The van der Waals surface area contributed by atoms with Crippen LogP contribution < -0.4 is 10.6 Å². The second-order valence-corrected chi connectivity index (χ2v) is 5.71. The average Bonchev–Trinajstić information content (AvgIpc) is 2.37. The van der Waals surface area contributed by atoms with E-state index in [1.807, 2.05) is 0 Å². The molecule has 1 atom stereocenters. The summed E-state index contributed by atoms with van der Waals surface area (Å²) in [5, 5.41) is 14.1. The number of carbonyl (C=O) groups is 2. The molecule has 0 saturated carbocycles. The lowest BCUT2D eigenvalue weighted by Crippen LogP contribution is -2.43. The van der Waals surface area contributed by atoms with Gasteiger partial charge in [0.1, 0.15) is 11.6 Å². The molecule has 0 heterocycles. The summed E-state index contributed by atoms with van der Waals surface area (Å²) in [6.07, 6.45) is -0.638. The Hall–Kier alpha value is -2.08. The molecular formula is C15H22N2O4. The number of carbonyl (C=O) groups excluding carboxylic acids is 2. The van der Waals surface area contributed by atoms with Crippen molar-refractivity contribution < 1.29 is 19.4 Å². The van der Waals surface area contributed by atoms with Crippen LogP contribution in [0.3, 0.4) is 0 Å². The van der Waals surface area contributed by atoms with Gasteiger partial charge in [-0.25, -0.2) is 4.79 Å². The molecule has 0 spiro atoms. The van der Waals surface area contributed by atoms with Crippen LogP contribution >= 0.6 is 0 Å². The van der Waals surface area contributed by atoms with Crippen molar-refractivity contribution in [1.29, 1.82) is 0 Å². The van der Waals surface area contributed by atoms with E-state index in [1.54, 1.807) is 52.0 Å². The number of benzene rings is 1. The lowest BCUT2D eigenvalue weighted by atomic mass is 10.2. The minimum atomic E-state index is -0.725. The highest BCUT2D eigenvalue weighted by Gasteiger charge is 2.20. The largest absolute Gasteiger partial charge is 0.444 e. The highest BCUT2D eigenvalue weighted by atomic mass is 16.6. The zero-order valence-electron chi connectivity index (χ0n) is 12.8. The fraction of sp³-hybridized carbons (Fsp3) is 0.467. The van der Waals surface area contributed by atoms with Gasteiger partial charge in [-0.3, -0.25) is 4.79 Å². The Kier molecular flexibility index (Phi) is 5.72. The van der Waals surface area contributed by atoms with Crippen LogP contribution in [0.4, 0.5) is 10.5 Å². The predicted molar refractivity (Wildman–Crippen MR) is 79.8 cm³/mol. The Bertz CT molecular complexity index is 491. The van der Waals surface area contributed by atoms with Gasteiger partial charge in [-0.15, -0.1) is 0 Å². The second-order valence-electron chi connectivity index (χ2n) is 5.71. The van der Waals surface area contributed by atoms with E-state index in [0.717, 1.165) is 5.56 Å². The number of anilines is 1. The first-order valence-electron chi connectivity index (χ1n) is 6.71. The first-order valence-corrected chi connectivity index (χ1v) is 6.71. The van der Waals surface area contributed by atoms with Gasteiger partial charge in [0.05, 0.1) is 6.61 Å². The highest BCUT2D eigenvalue weighted by molar-refractivity contribution is 5.96. The molecule has 6 nitrogen and oxygen atoms in total. The molecular weight excluding hydrogens is 272 g/mol. The number of ether oxygens (including phenoxy) is 1. The van der Waals surface area contributed by atoms with Crippen LogP contribution in [0.5, 0.6) is 0 Å². The lowest BCUT2D eigenvalue weighted by Gasteiger charge is -2.21. The van der Waals surface area contributed by atoms with Crippen LogP contribution in [0.2, 0.25) is 0 Å². The van der Waals surface area contributed by atoms with E-state index < -0.39 is 17.7 Å². The van der Waals surface area contributed by atoms with Crippen molar-refractivity contribution in [2.45, 2.75) is 45.9 Å². The summed E-state index contributed by atoms with van der Waals surface area (Å²) >= 11 is 0. The third kappa shape index (κ3) is 6.27. The van der Waals surface area contributed by atoms with Crippen molar-refractivity contribution in [1.82, 2.24) is 5.32 Å². The summed E-state index contributed by atoms with van der Waals surface area (Å²) in [6.45, 7) is 6.77. The van der Waals surface area contributed by atoms with Gasteiger partial charge in [-0.1, -0.05) is 12.1 Å². The van der Waals surface area contributed by atoms with Crippen molar-refractivity contribution in [3.05, 3.63) is 29.8 Å². The molecule has 0 aliphatic carbocycles. The van der Waals surface area contributed by atoms with E-state index >= 15 is 0 Å². The molecule has 1 aromatic rings. The molecule has 1 aromatic carbocycles. The maximum absolute atomic E-state index is 11.9. The monoisotopic (exact) mass is 294 g/mol. The van der Waals surface area contributed by atoms with Crippen LogP contribution in [-0.4, -0.2) is 28.7 Å². The van der Waals surface area contributed by atoms with E-state index in [9.17, 15) is 9.59 Å². The van der Waals surface area contributed by atoms with Crippen LogP contribution in [0.1, 0.15) is 33.3 Å². The Balaban J connectivity index is 2.52. The third-order valence-corrected chi connectivity index (χ3v) is 2.53. The number of hydrogen-bond donors (Lipinski definition) is 3. The van der Waals surface area contributed by atoms with E-state index in [-0.39, 0.29) is 12.5 Å². The summed E-state index contributed by atoms with van der Waals surface area (Å²) in [5.41, 5.74) is 0.739. The van der Waals surface area contributed by atoms with Gasteiger partial charge in [0, 0.05) is 5.69 Å². The zero-order valence-corrected chi connectivity index (χ0v) is 12.8. The number of amides is 2. The average molecular weight is 294 g/mol. The molecule has 0 aliphatic rings. The standard InChI is InChI=1S/C15H22N2O4/c1-10(16-14(20)21-15(2,3)4)13(19)17-12-7-5-11(9-18)6-8-12/h5-8,10,18H,9H2,1-4H3,(H,16,20)(H,17,19)/t10-/m0/s1. The highest BCUT2D eigenvalue weighted by Crippen LogP contribution is 2.10. The maximum atomic E-state index is 11.9. The smallest absolute Gasteiger partial charge is 0.408 e. The van der Waals surface area contributed by atoms with Crippen molar-refractivity contribution >= 4 is 17.7 Å². The van der Waals surface area contributed by atoms with Gasteiger partial charge in [0.2, 0.25) is 5.91 Å². The molecule has 0 radical (unpaired) electrons. The predicted octanol–water partition coefficient (Wildman–Crippen LogP) is 2.03. The van der Waals surface area contributed by atoms with Gasteiger partial charge >= 0.3 is 6.09 Å². The molecule has 1 rings (SSSR count). The minimum Gasteiger partial charge on any atom is -0.444 e. The SMILES string of the molecule is C[C@H](NC(=O)OC(C)(C)C)C(=O)Nc1ccc(CO)cc1. The Labute approximate surface area is 124 Å². The van der Waals surface area contributed by atoms with E-state index in [0.29, 0.717) is 5.69 Å². The topological polar surface area (TPSA) is 87.7 Å². The van der Waals surface area contributed by atoms with Crippen molar-refractivity contribution in [2.24, 2.45) is 0 Å². The molecule has 2 amide bonds. The van der Waals surface area contributed by atoms with Crippen LogP contribution in [0.15, 0.2) is 24.3 Å². The first kappa shape index (κ1) is 17.0. The fourth-order valence-electron chi connectivity index (χ4n) is 1.49. The molecule has 0 aromatic heterocycles. The summed E-state index contributed by atoms with van der Waals surface area (Å²) < 4.78 is 5.08. The van der Waals surface area contributed by atoms with Gasteiger partial charge in [0.25, 0.3) is 0 Å². The molecule has 116 valence electrons. The van der Waals surface area contributed by atoms with Crippen LogP contribution in [0.25, 0.3) is 0 Å². The molecule has 6 heteroatoms. The fourth-order valence-corrected chi connectivity index (χ4v) is 1.49. The number of rotatable bonds is 4. The van der Waals surface area contributed by atoms with Crippen molar-refractivity contribution in [3.8, 4) is 0 Å². The van der Waals surface area contributed by atoms with Crippen molar-refractivity contribution in [3.63, 3.8) is 0 Å². The Morgan fingerprint density at radius 1 is 1.24 bits per heavy atom. The number of aliphatic hydroxyl groups is 1. The first-order chi connectivity index (χ1) is 9.71. The summed E-state index contributed by atoms with van der Waals surface area (Å²) in [7, 11) is 0. The van der Waals surface area contributed by atoms with E-state index in [2.05, 4.69) is 10.6 Å². The molecule has 21 heavy (non-hydrogen) atoms. The van der Waals surface area contributed by atoms with E-state index in [4.69, 9.17) is 9.84 Å². The van der Waals surface area contributed by atoms with E-state index in [1.165, 1.54) is 0 Å². The number of alkyl carbamates (subject to hydrolysis) is 1. The van der Waals surface area contributed by atoms with Crippen LogP contribution in [-0.2, 0) is 16.1 Å². The third-order valence-electron chi connectivity index (χ3n) is 2.53. The quantitative estimate of drug-likeness (QED) is 0.793. The molecule has 0 aliphatic heterocycles. The number of aliphatic hydroxyl groups excluding tert-OH is 1. The Morgan fingerprint density at radius 2 is 1.81 bits per heavy atom.